The molecule has 4 heteroatoms. The Morgan fingerprint density at radius 3 is 2.57 bits per heavy atom. The van der Waals surface area contributed by atoms with Crippen LogP contribution in [0.2, 0.25) is 0 Å². The molecule has 2 aromatic rings. The van der Waals surface area contributed by atoms with E-state index < -0.39 is 0 Å². The predicted molar refractivity (Wildman–Crippen MR) is 91.4 cm³/mol. The molecule has 0 N–H and O–H groups in total. The number of hydrogen-bond donors (Lipinski definition) is 0. The van der Waals surface area contributed by atoms with Gasteiger partial charge in [-0.3, -0.25) is 4.79 Å². The number of carbonyl (C=O) groups excluding carboxylic acids is 1. The molecule has 0 radical (unpaired) electrons. The van der Waals surface area contributed by atoms with Crippen LogP contribution >= 0.6 is 0 Å². The van der Waals surface area contributed by atoms with Crippen LogP contribution in [-0.4, -0.2) is 33.4 Å². The molecule has 2 fully saturated rings. The van der Waals surface area contributed by atoms with Crippen molar-refractivity contribution in [3.8, 4) is 0 Å². The van der Waals surface area contributed by atoms with Crippen molar-refractivity contribution in [2.24, 2.45) is 5.41 Å². The molecule has 1 amide bonds. The van der Waals surface area contributed by atoms with Crippen LogP contribution < -0.4 is 0 Å². The van der Waals surface area contributed by atoms with E-state index in [0.29, 0.717) is 11.9 Å². The summed E-state index contributed by atoms with van der Waals surface area (Å²) < 4.78 is 2.39. The standard InChI is InChI=1S/C19H25N3O/c1-13-4-5-16-17(12-13)22(14(2)20-16)15-6-10-21(11-7-15)18(23)19(3)8-9-19/h4-5,12,15H,6-11H2,1-3H3. The van der Waals surface area contributed by atoms with E-state index in [0.717, 1.165) is 50.1 Å². The Morgan fingerprint density at radius 1 is 1.22 bits per heavy atom. The highest BCUT2D eigenvalue weighted by atomic mass is 16.2. The smallest absolute Gasteiger partial charge is 0.228 e. The van der Waals surface area contributed by atoms with Gasteiger partial charge in [0.2, 0.25) is 5.91 Å². The number of nitrogens with zero attached hydrogens (tertiary/aromatic N) is 3. The third kappa shape index (κ3) is 2.44. The van der Waals surface area contributed by atoms with Gasteiger partial charge in [0.15, 0.2) is 0 Å². The maximum atomic E-state index is 12.5. The highest BCUT2D eigenvalue weighted by Crippen LogP contribution is 2.47. The van der Waals surface area contributed by atoms with Gasteiger partial charge < -0.3 is 9.47 Å². The fourth-order valence-electron chi connectivity index (χ4n) is 3.89. The monoisotopic (exact) mass is 311 g/mol. The van der Waals surface area contributed by atoms with E-state index in [4.69, 9.17) is 4.98 Å². The second-order valence-electron chi connectivity index (χ2n) is 7.61. The summed E-state index contributed by atoms with van der Waals surface area (Å²) in [4.78, 5) is 19.3. The van der Waals surface area contributed by atoms with Crippen LogP contribution in [0.25, 0.3) is 11.0 Å². The van der Waals surface area contributed by atoms with Crippen LogP contribution in [0.4, 0.5) is 0 Å². The first-order valence-electron chi connectivity index (χ1n) is 8.72. The number of likely N-dealkylation sites (tertiary alicyclic amines) is 1. The Balaban J connectivity index is 1.55. The number of amides is 1. The van der Waals surface area contributed by atoms with Gasteiger partial charge in [-0.1, -0.05) is 13.0 Å². The summed E-state index contributed by atoms with van der Waals surface area (Å²) in [6.45, 7) is 8.09. The molecule has 2 heterocycles. The first kappa shape index (κ1) is 14.7. The Hall–Kier alpha value is -1.84. The molecule has 122 valence electrons. The summed E-state index contributed by atoms with van der Waals surface area (Å²) in [5.74, 6) is 1.46. The number of imidazole rings is 1. The average molecular weight is 311 g/mol. The number of hydrogen-bond acceptors (Lipinski definition) is 2. The summed E-state index contributed by atoms with van der Waals surface area (Å²) >= 11 is 0. The number of benzene rings is 1. The number of carbonyl (C=O) groups is 1. The fourth-order valence-corrected chi connectivity index (χ4v) is 3.89. The molecule has 0 atom stereocenters. The lowest BCUT2D eigenvalue weighted by atomic mass is 10.0. The van der Waals surface area contributed by atoms with Crippen molar-refractivity contribution in [3.63, 3.8) is 0 Å². The lowest BCUT2D eigenvalue weighted by Crippen LogP contribution is -2.42. The Kier molecular flexibility index (Phi) is 3.26. The first-order chi connectivity index (χ1) is 11.0. The maximum Gasteiger partial charge on any atom is 0.228 e. The number of piperidine rings is 1. The van der Waals surface area contributed by atoms with Crippen molar-refractivity contribution in [3.05, 3.63) is 29.6 Å². The molecule has 2 aliphatic rings. The topological polar surface area (TPSA) is 38.1 Å². The van der Waals surface area contributed by atoms with E-state index >= 15 is 0 Å². The molecular formula is C19H25N3O. The van der Waals surface area contributed by atoms with Crippen molar-refractivity contribution in [1.82, 2.24) is 14.5 Å². The van der Waals surface area contributed by atoms with E-state index in [-0.39, 0.29) is 5.41 Å². The Bertz CT molecular complexity index is 764. The van der Waals surface area contributed by atoms with Crippen LogP contribution in [0.1, 0.15) is 50.0 Å². The molecule has 0 spiro atoms. The van der Waals surface area contributed by atoms with Gasteiger partial charge in [0.05, 0.1) is 11.0 Å². The summed E-state index contributed by atoms with van der Waals surface area (Å²) in [5.41, 5.74) is 3.55. The molecule has 4 nitrogen and oxygen atoms in total. The van der Waals surface area contributed by atoms with Crippen molar-refractivity contribution in [1.29, 1.82) is 0 Å². The van der Waals surface area contributed by atoms with Crippen molar-refractivity contribution < 1.29 is 4.79 Å². The molecule has 1 aromatic heterocycles. The Labute approximate surface area is 137 Å². The lowest BCUT2D eigenvalue weighted by molar-refractivity contribution is -0.137. The third-order valence-corrected chi connectivity index (χ3v) is 5.65. The quantitative estimate of drug-likeness (QED) is 0.849. The zero-order chi connectivity index (χ0) is 16.2. The van der Waals surface area contributed by atoms with Gasteiger partial charge in [0.25, 0.3) is 0 Å². The number of aromatic nitrogens is 2. The molecule has 1 saturated heterocycles. The summed E-state index contributed by atoms with van der Waals surface area (Å²) in [5, 5.41) is 0. The van der Waals surface area contributed by atoms with Crippen LogP contribution in [0.15, 0.2) is 18.2 Å². The normalized spacial score (nSPS) is 20.9. The van der Waals surface area contributed by atoms with Crippen LogP contribution in [0.3, 0.4) is 0 Å². The second kappa shape index (κ2) is 5.08. The first-order valence-corrected chi connectivity index (χ1v) is 8.72. The zero-order valence-corrected chi connectivity index (χ0v) is 14.3. The van der Waals surface area contributed by atoms with Gasteiger partial charge in [-0.2, -0.15) is 0 Å². The van der Waals surface area contributed by atoms with Crippen LogP contribution in [-0.2, 0) is 4.79 Å². The molecule has 0 bridgehead atoms. The molecule has 1 aliphatic heterocycles. The van der Waals surface area contributed by atoms with E-state index in [9.17, 15) is 4.79 Å². The van der Waals surface area contributed by atoms with Gasteiger partial charge in [-0.25, -0.2) is 4.98 Å². The molecule has 1 aromatic carbocycles. The summed E-state index contributed by atoms with van der Waals surface area (Å²) in [7, 11) is 0. The Morgan fingerprint density at radius 2 is 1.91 bits per heavy atom. The largest absolute Gasteiger partial charge is 0.342 e. The minimum absolute atomic E-state index is 0.0401. The molecule has 1 aliphatic carbocycles. The zero-order valence-electron chi connectivity index (χ0n) is 14.3. The highest BCUT2D eigenvalue weighted by molar-refractivity contribution is 5.85. The summed E-state index contributed by atoms with van der Waals surface area (Å²) in [6, 6.07) is 6.92. The van der Waals surface area contributed by atoms with E-state index in [1.54, 1.807) is 0 Å². The molecule has 4 rings (SSSR count). The number of fused-ring (bicyclic) bond motifs is 1. The minimum atomic E-state index is -0.0401. The summed E-state index contributed by atoms with van der Waals surface area (Å²) in [6.07, 6.45) is 4.19. The maximum absolute atomic E-state index is 12.5. The van der Waals surface area contributed by atoms with Gasteiger partial charge in [0, 0.05) is 24.5 Å². The van der Waals surface area contributed by atoms with E-state index in [2.05, 4.69) is 48.4 Å². The van der Waals surface area contributed by atoms with Crippen molar-refractivity contribution in [2.75, 3.05) is 13.1 Å². The molecular weight excluding hydrogens is 286 g/mol. The van der Waals surface area contributed by atoms with Crippen LogP contribution in [0, 0.1) is 19.3 Å². The van der Waals surface area contributed by atoms with Gasteiger partial charge in [0.1, 0.15) is 5.82 Å². The minimum Gasteiger partial charge on any atom is -0.342 e. The predicted octanol–water partition coefficient (Wildman–Crippen LogP) is 3.62. The van der Waals surface area contributed by atoms with Gasteiger partial charge >= 0.3 is 0 Å². The van der Waals surface area contributed by atoms with Crippen molar-refractivity contribution >= 4 is 16.9 Å². The van der Waals surface area contributed by atoms with Crippen molar-refractivity contribution in [2.45, 2.75) is 52.5 Å². The molecule has 1 saturated carbocycles. The highest BCUT2D eigenvalue weighted by Gasteiger charge is 2.47. The van der Waals surface area contributed by atoms with Gasteiger partial charge in [-0.05, 0) is 57.2 Å². The number of rotatable bonds is 2. The van der Waals surface area contributed by atoms with Gasteiger partial charge in [-0.15, -0.1) is 0 Å². The average Bonchev–Trinajstić information content (AvgIpc) is 3.20. The SMILES string of the molecule is Cc1ccc2nc(C)n(C3CCN(C(=O)C4(C)CC4)CC3)c2c1. The molecule has 23 heavy (non-hydrogen) atoms. The van der Waals surface area contributed by atoms with E-state index in [1.807, 2.05) is 0 Å². The molecule has 0 unspecified atom stereocenters. The third-order valence-electron chi connectivity index (χ3n) is 5.65. The fraction of sp³-hybridized carbons (Fsp3) is 0.579. The lowest BCUT2D eigenvalue weighted by Gasteiger charge is -2.35. The van der Waals surface area contributed by atoms with Crippen LogP contribution in [0.5, 0.6) is 0 Å². The number of aryl methyl sites for hydroxylation is 2. The second-order valence-corrected chi connectivity index (χ2v) is 7.61. The van der Waals surface area contributed by atoms with E-state index in [1.165, 1.54) is 11.1 Å².